The van der Waals surface area contributed by atoms with Gasteiger partial charge in [-0.3, -0.25) is 0 Å². The highest BCUT2D eigenvalue weighted by molar-refractivity contribution is 6.16. The lowest BCUT2D eigenvalue weighted by Gasteiger charge is -2.25. The van der Waals surface area contributed by atoms with E-state index in [1.54, 1.807) is 6.08 Å². The smallest absolute Gasteiger partial charge is 0.169 e. The molecule has 3 atom stereocenters. The van der Waals surface area contributed by atoms with Crippen molar-refractivity contribution < 1.29 is 0 Å². The summed E-state index contributed by atoms with van der Waals surface area (Å²) in [7, 11) is 0. The van der Waals surface area contributed by atoms with Crippen LogP contribution in [0, 0.1) is 6.92 Å². The van der Waals surface area contributed by atoms with E-state index in [2.05, 4.69) is 147 Å². The van der Waals surface area contributed by atoms with Crippen molar-refractivity contribution >= 4 is 17.2 Å². The maximum atomic E-state index is 5.05. The van der Waals surface area contributed by atoms with Crippen LogP contribution in [0.4, 0.5) is 0 Å². The second-order valence-corrected chi connectivity index (χ2v) is 12.3. The van der Waals surface area contributed by atoms with Crippen molar-refractivity contribution in [2.24, 2.45) is 9.98 Å². The summed E-state index contributed by atoms with van der Waals surface area (Å²) in [4.78, 5) is 10.0. The zero-order chi connectivity index (χ0) is 32.2. The molecule has 0 bridgehead atoms. The average molecular weight is 610 g/mol. The first-order chi connectivity index (χ1) is 23.1. The van der Waals surface area contributed by atoms with Crippen molar-refractivity contribution in [3.63, 3.8) is 0 Å². The second kappa shape index (κ2) is 13.4. The van der Waals surface area contributed by atoms with Gasteiger partial charge >= 0.3 is 0 Å². The van der Waals surface area contributed by atoms with Crippen molar-refractivity contribution in [2.45, 2.75) is 37.8 Å². The molecule has 0 spiro atoms. The molecule has 0 saturated carbocycles. The lowest BCUT2D eigenvalue weighted by atomic mass is 9.81. The Bertz CT molecular complexity index is 2000. The molecular formula is C44H39N3. The van der Waals surface area contributed by atoms with Gasteiger partial charge in [0.1, 0.15) is 11.7 Å². The van der Waals surface area contributed by atoms with Gasteiger partial charge in [0.2, 0.25) is 0 Å². The Labute approximate surface area is 278 Å². The Morgan fingerprint density at radius 1 is 0.766 bits per heavy atom. The Kier molecular flexibility index (Phi) is 8.62. The van der Waals surface area contributed by atoms with Crippen molar-refractivity contribution in [2.75, 3.05) is 0 Å². The minimum absolute atomic E-state index is 0.238. The van der Waals surface area contributed by atoms with Crippen molar-refractivity contribution in [3.05, 3.63) is 198 Å². The standard InChI is InChI=1S/C44H39N3/c1-4-30(2)42-45-43(34-20-12-7-13-21-34)47-44(46-42)38-25-15-23-36(27-38)35-22-14-24-37(26-35)41-29-39(32-16-8-5-9-17-32)28-40(31(41)3)33-18-10-6-11-19-33/h4-18,20-21,23-29,33,35,44H,1-2,19,22H2,3H3,(H,45,46,47). The Hall–Kier alpha value is -5.54. The largest absolute Gasteiger partial charge is 0.324 e. The molecule has 3 unspecified atom stereocenters. The first-order valence-corrected chi connectivity index (χ1v) is 16.4. The first-order valence-electron chi connectivity index (χ1n) is 16.4. The highest BCUT2D eigenvalue weighted by atomic mass is 15.2. The third kappa shape index (κ3) is 6.43. The van der Waals surface area contributed by atoms with Crippen molar-refractivity contribution in [3.8, 4) is 11.1 Å². The molecule has 0 aromatic heterocycles. The van der Waals surface area contributed by atoms with Gasteiger partial charge in [0.05, 0.1) is 0 Å². The summed E-state index contributed by atoms with van der Waals surface area (Å²) in [6, 6.07) is 34.4. The van der Waals surface area contributed by atoms with Crippen molar-refractivity contribution in [1.82, 2.24) is 5.32 Å². The average Bonchev–Trinajstić information content (AvgIpc) is 3.15. The molecule has 0 radical (unpaired) electrons. The van der Waals surface area contributed by atoms with E-state index in [0.29, 0.717) is 11.8 Å². The van der Waals surface area contributed by atoms with Gasteiger partial charge in [0, 0.05) is 23.0 Å². The zero-order valence-electron chi connectivity index (χ0n) is 26.8. The summed E-state index contributed by atoms with van der Waals surface area (Å²) in [5, 5.41) is 3.37. The van der Waals surface area contributed by atoms with Crippen LogP contribution in [0.15, 0.2) is 174 Å². The molecule has 3 nitrogen and oxygen atoms in total. The maximum absolute atomic E-state index is 5.05. The molecule has 3 aliphatic rings. The van der Waals surface area contributed by atoms with Crippen LogP contribution >= 0.6 is 0 Å². The first kappa shape index (κ1) is 30.1. The van der Waals surface area contributed by atoms with Crippen LogP contribution in [0.3, 0.4) is 0 Å². The molecule has 4 aromatic carbocycles. The van der Waals surface area contributed by atoms with Crippen LogP contribution in [-0.4, -0.2) is 11.7 Å². The fourth-order valence-electron chi connectivity index (χ4n) is 6.68. The number of nitrogens with zero attached hydrogens (tertiary/aromatic N) is 2. The van der Waals surface area contributed by atoms with E-state index < -0.39 is 0 Å². The molecule has 230 valence electrons. The van der Waals surface area contributed by atoms with Crippen LogP contribution < -0.4 is 5.32 Å². The molecule has 2 aliphatic carbocycles. The van der Waals surface area contributed by atoms with Gasteiger partial charge in [-0.1, -0.05) is 153 Å². The predicted molar refractivity (Wildman–Crippen MR) is 199 cm³/mol. The molecule has 0 fully saturated rings. The summed E-state index contributed by atoms with van der Waals surface area (Å²) >= 11 is 0. The SMILES string of the molecule is C=CC(=C)C1=NC(c2cccc(C3C=C(c4cc(-c5ccccc5)cc(C5C=CC=CC5)c4C)C=CC3)c2)N=C(c2ccccc2)N1. The second-order valence-electron chi connectivity index (χ2n) is 12.3. The number of benzene rings is 4. The molecule has 47 heavy (non-hydrogen) atoms. The number of allylic oxidation sites excluding steroid dienone is 8. The van der Waals surface area contributed by atoms with Gasteiger partial charge < -0.3 is 5.32 Å². The normalized spacial score (nSPS) is 20.1. The fourth-order valence-corrected chi connectivity index (χ4v) is 6.68. The lowest BCUT2D eigenvalue weighted by Crippen LogP contribution is -2.36. The number of amidine groups is 2. The molecule has 4 aromatic rings. The molecule has 1 aliphatic heterocycles. The number of aliphatic imine (C=N–C) groups is 2. The summed E-state index contributed by atoms with van der Waals surface area (Å²) in [6.45, 7) is 10.4. The Balaban J connectivity index is 1.26. The number of hydrogen-bond donors (Lipinski definition) is 1. The molecule has 7 rings (SSSR count). The molecule has 0 amide bonds. The zero-order valence-corrected chi connectivity index (χ0v) is 26.8. The monoisotopic (exact) mass is 609 g/mol. The van der Waals surface area contributed by atoms with Gasteiger partial charge in [-0.15, -0.1) is 0 Å². The van der Waals surface area contributed by atoms with Gasteiger partial charge in [-0.25, -0.2) is 9.98 Å². The van der Waals surface area contributed by atoms with E-state index in [1.807, 2.05) is 18.2 Å². The molecule has 1 N–H and O–H groups in total. The van der Waals surface area contributed by atoms with E-state index in [0.717, 1.165) is 35.4 Å². The third-order valence-corrected chi connectivity index (χ3v) is 9.29. The lowest BCUT2D eigenvalue weighted by molar-refractivity contribution is 0.750. The summed E-state index contributed by atoms with van der Waals surface area (Å²) in [6.07, 6.45) is 19.3. The maximum Gasteiger partial charge on any atom is 0.169 e. The molecular weight excluding hydrogens is 571 g/mol. The van der Waals surface area contributed by atoms with Crippen LogP contribution in [0.2, 0.25) is 0 Å². The summed E-state index contributed by atoms with van der Waals surface area (Å²) in [5.74, 6) is 2.09. The van der Waals surface area contributed by atoms with Crippen LogP contribution in [-0.2, 0) is 0 Å². The number of hydrogen-bond acceptors (Lipinski definition) is 3. The summed E-state index contributed by atoms with van der Waals surface area (Å²) < 4.78 is 0. The third-order valence-electron chi connectivity index (χ3n) is 9.29. The highest BCUT2D eigenvalue weighted by Gasteiger charge is 2.23. The van der Waals surface area contributed by atoms with E-state index in [9.17, 15) is 0 Å². The topological polar surface area (TPSA) is 36.8 Å². The van der Waals surface area contributed by atoms with E-state index in [4.69, 9.17) is 9.98 Å². The van der Waals surface area contributed by atoms with Crippen LogP contribution in [0.25, 0.3) is 16.7 Å². The minimum atomic E-state index is -0.384. The van der Waals surface area contributed by atoms with Gasteiger partial charge in [0.25, 0.3) is 0 Å². The van der Waals surface area contributed by atoms with Crippen LogP contribution in [0.5, 0.6) is 0 Å². The Morgan fingerprint density at radius 3 is 2.26 bits per heavy atom. The van der Waals surface area contributed by atoms with Crippen molar-refractivity contribution in [1.29, 1.82) is 0 Å². The number of rotatable bonds is 8. The number of nitrogens with one attached hydrogen (secondary N) is 1. The van der Waals surface area contributed by atoms with Gasteiger partial charge in [0.15, 0.2) is 6.17 Å². The molecule has 3 heteroatoms. The fraction of sp³-hybridized carbons (Fsp3) is 0.136. The van der Waals surface area contributed by atoms with Gasteiger partial charge in [-0.2, -0.15) is 0 Å². The minimum Gasteiger partial charge on any atom is -0.324 e. The Morgan fingerprint density at radius 2 is 1.51 bits per heavy atom. The highest BCUT2D eigenvalue weighted by Crippen LogP contribution is 2.39. The summed E-state index contributed by atoms with van der Waals surface area (Å²) in [5.41, 5.74) is 11.9. The van der Waals surface area contributed by atoms with Crippen LogP contribution in [0.1, 0.15) is 64.2 Å². The quantitative estimate of drug-likeness (QED) is 0.198. The molecule has 0 saturated heterocycles. The molecule has 1 heterocycles. The van der Waals surface area contributed by atoms with E-state index in [1.165, 1.54) is 39.0 Å². The predicted octanol–water partition coefficient (Wildman–Crippen LogP) is 10.6. The van der Waals surface area contributed by atoms with Gasteiger partial charge in [-0.05, 0) is 70.3 Å². The van der Waals surface area contributed by atoms with E-state index >= 15 is 0 Å². The van der Waals surface area contributed by atoms with E-state index in [-0.39, 0.29) is 12.1 Å².